The van der Waals surface area contributed by atoms with Crippen molar-refractivity contribution in [1.29, 1.82) is 0 Å². The fourth-order valence-corrected chi connectivity index (χ4v) is 5.66. The molecule has 0 radical (unpaired) electrons. The zero-order valence-corrected chi connectivity index (χ0v) is 24.8. The molecule has 4 bridgehead atoms. The number of hydrogen-bond acceptors (Lipinski definition) is 11. The molecule has 13 nitrogen and oxygen atoms in total. The minimum atomic E-state index is -3.73. The van der Waals surface area contributed by atoms with Crippen molar-refractivity contribution in [3.8, 4) is 17.0 Å². The number of ether oxygens (including phenoxy) is 4. The molecule has 3 aromatic rings. The summed E-state index contributed by atoms with van der Waals surface area (Å²) in [5, 5.41) is 6.31. The van der Waals surface area contributed by atoms with Gasteiger partial charge in [0, 0.05) is 43.7 Å². The van der Waals surface area contributed by atoms with Crippen molar-refractivity contribution in [2.24, 2.45) is 5.92 Å². The zero-order chi connectivity index (χ0) is 30.2. The first kappa shape index (κ1) is 30.8. The van der Waals surface area contributed by atoms with Gasteiger partial charge >= 0.3 is 0 Å². The van der Waals surface area contributed by atoms with Crippen molar-refractivity contribution in [2.45, 2.75) is 11.4 Å². The van der Waals surface area contributed by atoms with Crippen molar-refractivity contribution >= 4 is 27.4 Å². The molecule has 1 aromatic heterocycles. The molecule has 43 heavy (non-hydrogen) atoms. The summed E-state index contributed by atoms with van der Waals surface area (Å²) in [5.41, 5.74) is 8.24. The van der Waals surface area contributed by atoms with Crippen LogP contribution in [0.5, 0.6) is 5.75 Å². The Morgan fingerprint density at radius 1 is 1.02 bits per heavy atom. The summed E-state index contributed by atoms with van der Waals surface area (Å²) in [6.07, 6.45) is 1.44. The Kier molecular flexibility index (Phi) is 10.2. The number of nitrogens with one attached hydrogen (secondary N) is 2. The molecule has 0 saturated carbocycles. The maximum absolute atomic E-state index is 13.4. The number of hydrogen-bond donors (Lipinski definition) is 3. The second kappa shape index (κ2) is 14.2. The van der Waals surface area contributed by atoms with Crippen molar-refractivity contribution in [3.63, 3.8) is 0 Å². The van der Waals surface area contributed by atoms with Crippen molar-refractivity contribution in [1.82, 2.24) is 19.6 Å². The van der Waals surface area contributed by atoms with Crippen LogP contribution in [0.3, 0.4) is 0 Å². The van der Waals surface area contributed by atoms with E-state index in [1.165, 1.54) is 29.7 Å². The van der Waals surface area contributed by atoms with Crippen LogP contribution in [-0.4, -0.2) is 95.0 Å². The van der Waals surface area contributed by atoms with Gasteiger partial charge in [0.2, 0.25) is 10.0 Å². The van der Waals surface area contributed by atoms with E-state index in [9.17, 15) is 13.2 Å². The highest BCUT2D eigenvalue weighted by molar-refractivity contribution is 7.89. The predicted molar refractivity (Wildman–Crippen MR) is 159 cm³/mol. The lowest BCUT2D eigenvalue weighted by Gasteiger charge is -2.26. The van der Waals surface area contributed by atoms with Crippen LogP contribution in [-0.2, 0) is 30.8 Å². The quantitative estimate of drug-likeness (QED) is 0.367. The van der Waals surface area contributed by atoms with Crippen LogP contribution in [0.15, 0.2) is 53.6 Å². The number of aromatic nitrogens is 2. The fourth-order valence-electron chi connectivity index (χ4n) is 4.51. The van der Waals surface area contributed by atoms with E-state index in [1.54, 1.807) is 18.2 Å². The molecule has 2 aromatic carbocycles. The number of nitrogen functional groups attached to an aromatic ring is 1. The smallest absolute Gasteiger partial charge is 0.278 e. The number of likely N-dealkylation sites (N-methyl/N-ethyl adjacent to an activating group) is 1. The van der Waals surface area contributed by atoms with Crippen LogP contribution < -0.4 is 21.1 Å². The molecule has 0 unspecified atom stereocenters. The van der Waals surface area contributed by atoms with Gasteiger partial charge in [-0.1, -0.05) is 24.3 Å². The number of nitrogens with zero attached hydrogens (tertiary/aromatic N) is 3. The Balaban J connectivity index is 1.42. The van der Waals surface area contributed by atoms with Gasteiger partial charge in [0.25, 0.3) is 5.91 Å². The lowest BCUT2D eigenvalue weighted by atomic mass is 10.1. The van der Waals surface area contributed by atoms with Crippen LogP contribution in [0.1, 0.15) is 16.1 Å². The standard InChI is InChI=1S/C29H36N6O7S/c1-35-9-10-39-11-12-40-13-14-42-27-22(16-31-15-20-18-41-19-20)3-2-4-24(27)34-29(36)26-28(30)32-17-25(33-26)21-5-7-23(8-6-21)43(35,37)38/h2-8,17,20,31H,9-16,18-19H2,1H3,(H2,30,32)(H,34,36). The number of amides is 1. The number of anilines is 2. The molecule has 14 heteroatoms. The Morgan fingerprint density at radius 3 is 2.51 bits per heavy atom. The molecule has 3 aliphatic rings. The van der Waals surface area contributed by atoms with E-state index in [4.69, 9.17) is 24.7 Å². The van der Waals surface area contributed by atoms with Crippen LogP contribution in [0.25, 0.3) is 11.3 Å². The summed E-state index contributed by atoms with van der Waals surface area (Å²) >= 11 is 0. The predicted octanol–water partition coefficient (Wildman–Crippen LogP) is 1.76. The van der Waals surface area contributed by atoms with Crippen LogP contribution in [0.2, 0.25) is 0 Å². The number of fused-ring (bicyclic) bond motifs is 13. The van der Waals surface area contributed by atoms with Crippen LogP contribution in [0, 0.1) is 5.92 Å². The average Bonchev–Trinajstić information content (AvgIpc) is 2.98. The number of para-hydroxylation sites is 1. The zero-order valence-electron chi connectivity index (χ0n) is 24.0. The number of carbonyl (C=O) groups is 1. The molecule has 0 spiro atoms. The van der Waals surface area contributed by atoms with Gasteiger partial charge in [-0.25, -0.2) is 18.4 Å². The summed E-state index contributed by atoms with van der Waals surface area (Å²) in [6, 6.07) is 11.7. The van der Waals surface area contributed by atoms with Gasteiger partial charge < -0.3 is 35.3 Å². The summed E-state index contributed by atoms with van der Waals surface area (Å²) < 4.78 is 49.9. The number of nitrogens with two attached hydrogens (primary N) is 1. The third-order valence-corrected chi connectivity index (χ3v) is 8.94. The van der Waals surface area contributed by atoms with E-state index >= 15 is 0 Å². The SMILES string of the molecule is CN1CCOCCOCCOc2c(CNCC3COC3)cccc2NC(=O)c2nc(cnc2N)-c2ccc(cc2)S1(=O)=O. The normalized spacial score (nSPS) is 18.8. The van der Waals surface area contributed by atoms with E-state index in [0.717, 1.165) is 25.3 Å². The topological polar surface area (TPSA) is 167 Å². The van der Waals surface area contributed by atoms with Crippen molar-refractivity contribution in [2.75, 3.05) is 77.4 Å². The number of carbonyl (C=O) groups excluding carboxylic acids is 1. The van der Waals surface area contributed by atoms with E-state index in [2.05, 4.69) is 20.6 Å². The minimum Gasteiger partial charge on any atom is -0.489 e. The summed E-state index contributed by atoms with van der Waals surface area (Å²) in [4.78, 5) is 22.2. The molecule has 4 N–H and O–H groups in total. The van der Waals surface area contributed by atoms with E-state index in [1.807, 2.05) is 12.1 Å². The Hall–Kier alpha value is -3.66. The van der Waals surface area contributed by atoms with Gasteiger partial charge in [-0.05, 0) is 18.2 Å². The van der Waals surface area contributed by atoms with Gasteiger partial charge in [-0.2, -0.15) is 4.31 Å². The molecule has 230 valence electrons. The lowest BCUT2D eigenvalue weighted by molar-refractivity contribution is -0.0307. The van der Waals surface area contributed by atoms with Crippen molar-refractivity contribution in [3.05, 3.63) is 59.9 Å². The maximum atomic E-state index is 13.4. The molecule has 4 heterocycles. The molecular weight excluding hydrogens is 576 g/mol. The number of sulfonamides is 1. The molecule has 1 saturated heterocycles. The van der Waals surface area contributed by atoms with E-state index in [-0.39, 0.29) is 42.8 Å². The summed E-state index contributed by atoms with van der Waals surface area (Å²) in [6.45, 7) is 4.34. The summed E-state index contributed by atoms with van der Waals surface area (Å²) in [7, 11) is -2.23. The minimum absolute atomic E-state index is 0.0462. The Morgan fingerprint density at radius 2 is 1.77 bits per heavy atom. The Bertz CT molecular complexity index is 1520. The molecule has 0 aliphatic carbocycles. The molecular formula is C29H36N6O7S. The first-order valence-electron chi connectivity index (χ1n) is 14.0. The van der Waals surface area contributed by atoms with Crippen molar-refractivity contribution < 1.29 is 32.2 Å². The molecule has 0 atom stereocenters. The first-order chi connectivity index (χ1) is 20.8. The summed E-state index contributed by atoms with van der Waals surface area (Å²) in [5.74, 6) is 0.379. The third-order valence-electron chi connectivity index (χ3n) is 7.07. The molecule has 1 amide bonds. The monoisotopic (exact) mass is 612 g/mol. The highest BCUT2D eigenvalue weighted by atomic mass is 32.2. The second-order valence-corrected chi connectivity index (χ2v) is 12.2. The molecule has 6 rings (SSSR count). The van der Waals surface area contributed by atoms with Crippen LogP contribution >= 0.6 is 0 Å². The van der Waals surface area contributed by atoms with Gasteiger partial charge in [-0.3, -0.25) is 4.79 Å². The average molecular weight is 613 g/mol. The molecule has 3 aliphatic heterocycles. The fraction of sp³-hybridized carbons (Fsp3) is 0.414. The maximum Gasteiger partial charge on any atom is 0.278 e. The van der Waals surface area contributed by atoms with Crippen LogP contribution in [0.4, 0.5) is 11.5 Å². The third kappa shape index (κ3) is 7.65. The van der Waals surface area contributed by atoms with Gasteiger partial charge in [0.05, 0.1) is 62.1 Å². The van der Waals surface area contributed by atoms with E-state index < -0.39 is 15.9 Å². The first-order valence-corrected chi connectivity index (χ1v) is 15.5. The highest BCUT2D eigenvalue weighted by Crippen LogP contribution is 2.30. The number of benzene rings is 2. The lowest BCUT2D eigenvalue weighted by Crippen LogP contribution is -2.36. The largest absolute Gasteiger partial charge is 0.489 e. The molecule has 1 fully saturated rings. The Labute approximate surface area is 250 Å². The van der Waals surface area contributed by atoms with E-state index in [0.29, 0.717) is 48.4 Å². The van der Waals surface area contributed by atoms with Gasteiger partial charge in [0.1, 0.15) is 12.4 Å². The van der Waals surface area contributed by atoms with Gasteiger partial charge in [-0.15, -0.1) is 0 Å². The second-order valence-electron chi connectivity index (χ2n) is 10.2. The van der Waals surface area contributed by atoms with Gasteiger partial charge in [0.15, 0.2) is 11.5 Å². The number of rotatable bonds is 4. The highest BCUT2D eigenvalue weighted by Gasteiger charge is 2.22.